The van der Waals surface area contributed by atoms with Gasteiger partial charge in [0.1, 0.15) is 5.75 Å². The van der Waals surface area contributed by atoms with Crippen molar-refractivity contribution in [3.63, 3.8) is 0 Å². The number of benzene rings is 1. The van der Waals surface area contributed by atoms with Crippen LogP contribution >= 0.6 is 11.8 Å². The molecule has 0 saturated heterocycles. The molecule has 0 aliphatic heterocycles. The first-order valence-corrected chi connectivity index (χ1v) is 5.61. The second kappa shape index (κ2) is 4.90. The Labute approximate surface area is 97.5 Å². The highest BCUT2D eigenvalue weighted by Gasteiger charge is 2.01. The van der Waals surface area contributed by atoms with Gasteiger partial charge < -0.3 is 9.72 Å². The largest absolute Gasteiger partial charge is 0.497 e. The van der Waals surface area contributed by atoms with E-state index in [9.17, 15) is 4.79 Å². The van der Waals surface area contributed by atoms with Gasteiger partial charge in [0.15, 0.2) is 0 Å². The van der Waals surface area contributed by atoms with Crippen LogP contribution in [0.5, 0.6) is 5.75 Å². The van der Waals surface area contributed by atoms with Gasteiger partial charge in [-0.2, -0.15) is 0 Å². The number of hydrogen-bond donors (Lipinski definition) is 1. The molecule has 1 heterocycles. The zero-order valence-electron chi connectivity index (χ0n) is 8.77. The van der Waals surface area contributed by atoms with Gasteiger partial charge >= 0.3 is 0 Å². The number of methoxy groups -OCH3 is 1. The van der Waals surface area contributed by atoms with E-state index in [0.717, 1.165) is 10.6 Å². The number of hydrogen-bond acceptors (Lipinski definition) is 3. The van der Waals surface area contributed by atoms with Crippen molar-refractivity contribution in [3.8, 4) is 5.75 Å². The second-order valence-electron chi connectivity index (χ2n) is 3.14. The van der Waals surface area contributed by atoms with E-state index in [-0.39, 0.29) is 5.56 Å². The Morgan fingerprint density at radius 2 is 1.94 bits per heavy atom. The van der Waals surface area contributed by atoms with Crippen molar-refractivity contribution in [2.45, 2.75) is 9.79 Å². The summed E-state index contributed by atoms with van der Waals surface area (Å²) >= 11 is 1.43. The first-order valence-electron chi connectivity index (χ1n) is 4.79. The van der Waals surface area contributed by atoms with Crippen molar-refractivity contribution in [1.82, 2.24) is 4.98 Å². The van der Waals surface area contributed by atoms with E-state index in [4.69, 9.17) is 4.74 Å². The molecule has 1 aromatic heterocycles. The highest BCUT2D eigenvalue weighted by atomic mass is 32.2. The number of nitrogens with one attached hydrogen (secondary N) is 1. The quantitative estimate of drug-likeness (QED) is 0.885. The lowest BCUT2D eigenvalue weighted by Crippen LogP contribution is -2.05. The third-order valence-corrected chi connectivity index (χ3v) is 3.12. The molecule has 0 aliphatic carbocycles. The van der Waals surface area contributed by atoms with Crippen LogP contribution in [0.15, 0.2) is 57.2 Å². The van der Waals surface area contributed by atoms with Gasteiger partial charge in [0, 0.05) is 11.1 Å². The topological polar surface area (TPSA) is 42.1 Å². The smallest absolute Gasteiger partial charge is 0.261 e. The normalized spacial score (nSPS) is 10.1. The summed E-state index contributed by atoms with van der Waals surface area (Å²) in [5.74, 6) is 0.811. The summed E-state index contributed by atoms with van der Waals surface area (Å²) in [6, 6.07) is 11.2. The fourth-order valence-corrected chi connectivity index (χ4v) is 2.08. The first kappa shape index (κ1) is 10.8. The fourth-order valence-electron chi connectivity index (χ4n) is 1.26. The van der Waals surface area contributed by atoms with Crippen LogP contribution in [0, 0.1) is 0 Å². The van der Waals surface area contributed by atoms with Crippen molar-refractivity contribution in [2.75, 3.05) is 7.11 Å². The van der Waals surface area contributed by atoms with E-state index in [2.05, 4.69) is 4.98 Å². The second-order valence-corrected chi connectivity index (χ2v) is 4.26. The van der Waals surface area contributed by atoms with Crippen LogP contribution in [0.25, 0.3) is 0 Å². The van der Waals surface area contributed by atoms with E-state index in [0.29, 0.717) is 4.90 Å². The number of pyridine rings is 1. The minimum absolute atomic E-state index is 0.0664. The van der Waals surface area contributed by atoms with Gasteiger partial charge in [-0.05, 0) is 36.4 Å². The molecule has 0 radical (unpaired) electrons. The molecular formula is C12H11NO2S. The van der Waals surface area contributed by atoms with Crippen molar-refractivity contribution in [1.29, 1.82) is 0 Å². The molecule has 82 valence electrons. The summed E-state index contributed by atoms with van der Waals surface area (Å²) in [4.78, 5) is 15.8. The van der Waals surface area contributed by atoms with Gasteiger partial charge in [0.2, 0.25) is 0 Å². The Morgan fingerprint density at radius 1 is 1.19 bits per heavy atom. The Bertz CT molecular complexity index is 519. The van der Waals surface area contributed by atoms with Crippen LogP contribution in [-0.4, -0.2) is 12.1 Å². The minimum Gasteiger partial charge on any atom is -0.497 e. The molecule has 3 nitrogen and oxygen atoms in total. The molecule has 1 aromatic carbocycles. The summed E-state index contributed by atoms with van der Waals surface area (Å²) in [6.45, 7) is 0. The van der Waals surface area contributed by atoms with Crippen LogP contribution in [0.1, 0.15) is 0 Å². The molecule has 2 rings (SSSR count). The lowest BCUT2D eigenvalue weighted by Gasteiger charge is -2.02. The van der Waals surface area contributed by atoms with Crippen LogP contribution in [0.4, 0.5) is 0 Å². The highest BCUT2D eigenvalue weighted by Crippen LogP contribution is 2.26. The number of rotatable bonds is 3. The minimum atomic E-state index is -0.0664. The third kappa shape index (κ3) is 2.46. The fraction of sp³-hybridized carbons (Fsp3) is 0.0833. The Hall–Kier alpha value is -1.68. The number of H-pyrrole nitrogens is 1. The van der Waals surface area contributed by atoms with Crippen LogP contribution in [0.2, 0.25) is 0 Å². The van der Waals surface area contributed by atoms with Gasteiger partial charge in [0.05, 0.1) is 12.0 Å². The maximum absolute atomic E-state index is 11.4. The summed E-state index contributed by atoms with van der Waals surface area (Å²) in [5, 5.41) is 0. The zero-order chi connectivity index (χ0) is 11.4. The van der Waals surface area contributed by atoms with E-state index in [1.54, 1.807) is 19.4 Å². The zero-order valence-corrected chi connectivity index (χ0v) is 9.58. The molecule has 0 fully saturated rings. The summed E-state index contributed by atoms with van der Waals surface area (Å²) in [6.07, 6.45) is 1.63. The lowest BCUT2D eigenvalue weighted by atomic mass is 10.3. The monoisotopic (exact) mass is 233 g/mol. The summed E-state index contributed by atoms with van der Waals surface area (Å²) < 4.78 is 5.07. The summed E-state index contributed by atoms with van der Waals surface area (Å²) in [5.41, 5.74) is -0.0664. The lowest BCUT2D eigenvalue weighted by molar-refractivity contribution is 0.414. The average molecular weight is 233 g/mol. The molecule has 0 aliphatic rings. The van der Waals surface area contributed by atoms with E-state index in [1.807, 2.05) is 30.3 Å². The van der Waals surface area contributed by atoms with Gasteiger partial charge in [-0.25, -0.2) is 0 Å². The SMILES string of the molecule is COc1ccc(Sc2ccc[nH]c2=O)cc1. The first-order chi connectivity index (χ1) is 7.79. The third-order valence-electron chi connectivity index (χ3n) is 2.07. The van der Waals surface area contributed by atoms with Crippen LogP contribution in [-0.2, 0) is 0 Å². The Balaban J connectivity index is 2.21. The van der Waals surface area contributed by atoms with Crippen molar-refractivity contribution >= 4 is 11.8 Å². The van der Waals surface area contributed by atoms with Crippen LogP contribution < -0.4 is 10.3 Å². The molecule has 0 atom stereocenters. The predicted octanol–water partition coefficient (Wildman–Crippen LogP) is 2.53. The van der Waals surface area contributed by atoms with Gasteiger partial charge in [-0.15, -0.1) is 0 Å². The average Bonchev–Trinajstić information content (AvgIpc) is 2.33. The molecule has 0 bridgehead atoms. The Kier molecular flexibility index (Phi) is 3.31. The molecule has 0 amide bonds. The van der Waals surface area contributed by atoms with E-state index >= 15 is 0 Å². The Morgan fingerprint density at radius 3 is 2.56 bits per heavy atom. The van der Waals surface area contributed by atoms with Gasteiger partial charge in [-0.1, -0.05) is 11.8 Å². The maximum Gasteiger partial charge on any atom is 0.261 e. The molecule has 2 aromatic rings. The highest BCUT2D eigenvalue weighted by molar-refractivity contribution is 7.99. The molecule has 0 saturated carbocycles. The number of ether oxygens (including phenoxy) is 1. The van der Waals surface area contributed by atoms with Crippen molar-refractivity contribution in [2.24, 2.45) is 0 Å². The number of aromatic nitrogens is 1. The van der Waals surface area contributed by atoms with Gasteiger partial charge in [-0.3, -0.25) is 4.79 Å². The molecule has 1 N–H and O–H groups in total. The maximum atomic E-state index is 11.4. The van der Waals surface area contributed by atoms with E-state index in [1.165, 1.54) is 11.8 Å². The summed E-state index contributed by atoms with van der Waals surface area (Å²) in [7, 11) is 1.63. The predicted molar refractivity (Wildman–Crippen MR) is 64.2 cm³/mol. The van der Waals surface area contributed by atoms with Crippen molar-refractivity contribution < 1.29 is 4.74 Å². The van der Waals surface area contributed by atoms with Crippen molar-refractivity contribution in [3.05, 3.63) is 52.9 Å². The standard InChI is InChI=1S/C12H11NO2S/c1-15-9-4-6-10(7-5-9)16-11-3-2-8-13-12(11)14/h2-8H,1H3,(H,13,14). The number of aromatic amines is 1. The molecular weight excluding hydrogens is 222 g/mol. The molecule has 0 unspecified atom stereocenters. The molecule has 16 heavy (non-hydrogen) atoms. The molecule has 0 spiro atoms. The van der Waals surface area contributed by atoms with E-state index < -0.39 is 0 Å². The van der Waals surface area contributed by atoms with Gasteiger partial charge in [0.25, 0.3) is 5.56 Å². The van der Waals surface area contributed by atoms with Crippen LogP contribution in [0.3, 0.4) is 0 Å². The molecule has 4 heteroatoms.